The normalized spacial score (nSPS) is 11.0. The minimum absolute atomic E-state index is 0.202. The van der Waals surface area contributed by atoms with E-state index in [0.717, 1.165) is 4.57 Å². The molecule has 1 amide bonds. The number of rotatable bonds is 4. The molecule has 0 spiro atoms. The molecule has 1 aromatic carbocycles. The van der Waals surface area contributed by atoms with Crippen LogP contribution in [-0.2, 0) is 13.6 Å². The molecule has 0 bridgehead atoms. The van der Waals surface area contributed by atoms with Gasteiger partial charge in [0.25, 0.3) is 11.5 Å². The Bertz CT molecular complexity index is 1230. The van der Waals surface area contributed by atoms with E-state index in [1.165, 1.54) is 17.0 Å². The lowest BCUT2D eigenvalue weighted by atomic mass is 10.2. The van der Waals surface area contributed by atoms with E-state index in [4.69, 9.17) is 4.42 Å². The minimum Gasteiger partial charge on any atom is -0.467 e. The van der Waals surface area contributed by atoms with Crippen molar-refractivity contribution in [3.63, 3.8) is 0 Å². The number of amides is 1. The maximum absolute atomic E-state index is 12.9. The number of carbonyl (C=O) groups is 1. The second kappa shape index (κ2) is 6.49. The maximum atomic E-state index is 12.9. The zero-order valence-corrected chi connectivity index (χ0v) is 14.4. The van der Waals surface area contributed by atoms with Crippen molar-refractivity contribution in [1.82, 2.24) is 19.4 Å². The SMILES string of the molecule is Cn1cc(C(=O)NCc2ccco2)c2[nH]c(=O)n(-c3ccccc3)c(=O)c21. The highest BCUT2D eigenvalue weighted by atomic mass is 16.3. The zero-order chi connectivity index (χ0) is 19.0. The first kappa shape index (κ1) is 16.6. The number of nitrogens with zero attached hydrogens (tertiary/aromatic N) is 2. The molecule has 8 nitrogen and oxygen atoms in total. The average Bonchev–Trinajstić information content (AvgIpc) is 3.28. The van der Waals surface area contributed by atoms with Crippen LogP contribution in [0.25, 0.3) is 16.7 Å². The Labute approximate surface area is 152 Å². The van der Waals surface area contributed by atoms with Crippen LogP contribution in [0.2, 0.25) is 0 Å². The van der Waals surface area contributed by atoms with Crippen LogP contribution in [0, 0.1) is 0 Å². The van der Waals surface area contributed by atoms with Gasteiger partial charge in [0.2, 0.25) is 0 Å². The van der Waals surface area contributed by atoms with Gasteiger partial charge in [-0.25, -0.2) is 9.36 Å². The summed E-state index contributed by atoms with van der Waals surface area (Å²) in [6, 6.07) is 12.1. The summed E-state index contributed by atoms with van der Waals surface area (Å²) in [5, 5.41) is 2.72. The minimum atomic E-state index is -0.606. The summed E-state index contributed by atoms with van der Waals surface area (Å²) in [6.45, 7) is 0.202. The van der Waals surface area contributed by atoms with Gasteiger partial charge in [-0.1, -0.05) is 18.2 Å². The maximum Gasteiger partial charge on any atom is 0.333 e. The van der Waals surface area contributed by atoms with Gasteiger partial charge in [-0.3, -0.25) is 9.59 Å². The van der Waals surface area contributed by atoms with Crippen LogP contribution in [0.5, 0.6) is 0 Å². The lowest BCUT2D eigenvalue weighted by Gasteiger charge is -2.06. The number of H-pyrrole nitrogens is 1. The van der Waals surface area contributed by atoms with Crippen LogP contribution in [-0.4, -0.2) is 20.0 Å². The summed E-state index contributed by atoms with van der Waals surface area (Å²) >= 11 is 0. The van der Waals surface area contributed by atoms with E-state index < -0.39 is 17.2 Å². The lowest BCUT2D eigenvalue weighted by molar-refractivity contribution is 0.0949. The second-order valence-corrected chi connectivity index (χ2v) is 6.05. The summed E-state index contributed by atoms with van der Waals surface area (Å²) < 4.78 is 7.77. The fourth-order valence-corrected chi connectivity index (χ4v) is 3.03. The largest absolute Gasteiger partial charge is 0.467 e. The lowest BCUT2D eigenvalue weighted by Crippen LogP contribution is -2.34. The van der Waals surface area contributed by atoms with Crippen molar-refractivity contribution in [2.24, 2.45) is 7.05 Å². The molecule has 4 rings (SSSR count). The van der Waals surface area contributed by atoms with Crippen molar-refractivity contribution in [1.29, 1.82) is 0 Å². The number of para-hydroxylation sites is 1. The second-order valence-electron chi connectivity index (χ2n) is 6.05. The number of hydrogen-bond donors (Lipinski definition) is 2. The smallest absolute Gasteiger partial charge is 0.333 e. The molecule has 27 heavy (non-hydrogen) atoms. The topological polar surface area (TPSA) is 102 Å². The summed E-state index contributed by atoms with van der Waals surface area (Å²) in [4.78, 5) is 40.7. The van der Waals surface area contributed by atoms with E-state index in [0.29, 0.717) is 11.4 Å². The Morgan fingerprint density at radius 3 is 2.63 bits per heavy atom. The van der Waals surface area contributed by atoms with Gasteiger partial charge >= 0.3 is 5.69 Å². The summed E-state index contributed by atoms with van der Waals surface area (Å²) in [6.07, 6.45) is 3.04. The van der Waals surface area contributed by atoms with Gasteiger partial charge in [-0.15, -0.1) is 0 Å². The zero-order valence-electron chi connectivity index (χ0n) is 14.4. The van der Waals surface area contributed by atoms with Crippen LogP contribution in [0.15, 0.2) is 68.9 Å². The molecule has 0 aliphatic heterocycles. The van der Waals surface area contributed by atoms with Crippen LogP contribution < -0.4 is 16.6 Å². The van der Waals surface area contributed by atoms with Gasteiger partial charge in [0, 0.05) is 13.2 Å². The summed E-state index contributed by atoms with van der Waals surface area (Å²) in [5.41, 5.74) is 0.0138. The number of aromatic nitrogens is 3. The molecule has 0 fully saturated rings. The molecule has 0 saturated heterocycles. The van der Waals surface area contributed by atoms with E-state index >= 15 is 0 Å². The quantitative estimate of drug-likeness (QED) is 0.573. The number of aromatic amines is 1. The standard InChI is InChI=1S/C19H16N4O4/c1-22-11-14(17(24)20-10-13-8-5-9-27-13)15-16(22)18(25)23(19(26)21-15)12-6-3-2-4-7-12/h2-9,11H,10H2,1H3,(H,20,24)(H,21,26). The van der Waals surface area contributed by atoms with Gasteiger partial charge in [-0.2, -0.15) is 0 Å². The Morgan fingerprint density at radius 1 is 1.15 bits per heavy atom. The molecule has 2 N–H and O–H groups in total. The Hall–Kier alpha value is -3.81. The molecule has 0 aliphatic rings. The van der Waals surface area contributed by atoms with Crippen LogP contribution in [0.1, 0.15) is 16.1 Å². The molecule has 0 atom stereocenters. The van der Waals surface area contributed by atoms with Gasteiger partial charge in [0.1, 0.15) is 11.3 Å². The number of carbonyl (C=O) groups excluding carboxylic acids is 1. The van der Waals surface area contributed by atoms with Crippen molar-refractivity contribution in [2.75, 3.05) is 0 Å². The molecule has 3 aromatic heterocycles. The van der Waals surface area contributed by atoms with Crippen LogP contribution in [0.3, 0.4) is 0 Å². The van der Waals surface area contributed by atoms with Crippen LogP contribution in [0.4, 0.5) is 0 Å². The Balaban J connectivity index is 1.80. The van der Waals surface area contributed by atoms with Crippen molar-refractivity contribution in [2.45, 2.75) is 6.54 Å². The predicted molar refractivity (Wildman–Crippen MR) is 99.0 cm³/mol. The molecule has 8 heteroatoms. The third kappa shape index (κ3) is 2.86. The number of nitrogens with one attached hydrogen (secondary N) is 2. The third-order valence-electron chi connectivity index (χ3n) is 4.28. The number of furan rings is 1. The monoisotopic (exact) mass is 364 g/mol. The van der Waals surface area contributed by atoms with Crippen molar-refractivity contribution >= 4 is 16.9 Å². The number of fused-ring (bicyclic) bond motifs is 1. The van der Waals surface area contributed by atoms with Crippen LogP contribution >= 0.6 is 0 Å². The van der Waals surface area contributed by atoms with E-state index in [2.05, 4.69) is 10.3 Å². The number of aryl methyl sites for hydroxylation is 1. The predicted octanol–water partition coefficient (Wildman–Crippen LogP) is 1.54. The molecule has 0 aliphatic carbocycles. The van der Waals surface area contributed by atoms with Gasteiger partial charge in [0.15, 0.2) is 0 Å². The molecule has 0 radical (unpaired) electrons. The van der Waals surface area contributed by atoms with Gasteiger partial charge in [0.05, 0.1) is 29.6 Å². The average molecular weight is 364 g/mol. The van der Waals surface area contributed by atoms with Crippen molar-refractivity contribution in [3.8, 4) is 5.69 Å². The van der Waals surface area contributed by atoms with Gasteiger partial charge < -0.3 is 19.3 Å². The van der Waals surface area contributed by atoms with E-state index in [1.807, 2.05) is 0 Å². The highest BCUT2D eigenvalue weighted by Crippen LogP contribution is 2.15. The summed E-state index contributed by atoms with van der Waals surface area (Å²) in [7, 11) is 1.65. The molecular formula is C19H16N4O4. The summed E-state index contributed by atoms with van der Waals surface area (Å²) in [5.74, 6) is 0.188. The highest BCUT2D eigenvalue weighted by Gasteiger charge is 2.20. The first-order valence-electron chi connectivity index (χ1n) is 8.26. The number of benzene rings is 1. The Morgan fingerprint density at radius 2 is 1.93 bits per heavy atom. The molecule has 3 heterocycles. The Kier molecular flexibility index (Phi) is 4.00. The van der Waals surface area contributed by atoms with E-state index in [9.17, 15) is 14.4 Å². The van der Waals surface area contributed by atoms with Crippen molar-refractivity contribution < 1.29 is 9.21 Å². The fraction of sp³-hybridized carbons (Fsp3) is 0.105. The number of hydrogen-bond acceptors (Lipinski definition) is 4. The van der Waals surface area contributed by atoms with Gasteiger partial charge in [-0.05, 0) is 24.3 Å². The molecule has 0 saturated carbocycles. The third-order valence-corrected chi connectivity index (χ3v) is 4.28. The fourth-order valence-electron chi connectivity index (χ4n) is 3.03. The van der Waals surface area contributed by atoms with Crippen molar-refractivity contribution in [3.05, 3.63) is 87.1 Å². The molecule has 4 aromatic rings. The first-order chi connectivity index (χ1) is 13.1. The van der Waals surface area contributed by atoms with E-state index in [-0.39, 0.29) is 23.1 Å². The molecule has 0 unspecified atom stereocenters. The van der Waals surface area contributed by atoms with E-state index in [1.54, 1.807) is 49.5 Å². The highest BCUT2D eigenvalue weighted by molar-refractivity contribution is 6.05. The first-order valence-corrected chi connectivity index (χ1v) is 8.26. The molecular weight excluding hydrogens is 348 g/mol. The molecule has 136 valence electrons.